The molecule has 0 bridgehead atoms. The Labute approximate surface area is 187 Å². The molecule has 160 valence electrons. The molecule has 10 heteroatoms. The number of nitrogens with one attached hydrogen (secondary N) is 1. The predicted molar refractivity (Wildman–Crippen MR) is 120 cm³/mol. The first-order chi connectivity index (χ1) is 14.8. The quantitative estimate of drug-likeness (QED) is 0.520. The number of fused-ring (bicyclic) bond motifs is 1. The van der Waals surface area contributed by atoms with E-state index in [-0.39, 0.29) is 12.2 Å². The van der Waals surface area contributed by atoms with E-state index in [4.69, 9.17) is 16.3 Å². The number of hydrogen-bond acceptors (Lipinski definition) is 6. The molecule has 2 aromatic carbocycles. The Balaban J connectivity index is 1.72. The predicted octanol–water partition coefficient (Wildman–Crippen LogP) is 5.04. The summed E-state index contributed by atoms with van der Waals surface area (Å²) in [6.45, 7) is -0.108. The Hall–Kier alpha value is -2.88. The standard InChI is InChI=1S/C21H16ClFN2O4S2/c1-29-18-6-5-15(10-16(18)22)24-11-19-20(26)21-17(7-8-30-21)25(31(19,27)28)12-13-3-2-4-14(23)9-13/h2-11,24H,12H2,1H3/b19-11-. The molecule has 0 aliphatic carbocycles. The van der Waals surface area contributed by atoms with Crippen LogP contribution in [0.1, 0.15) is 15.2 Å². The summed E-state index contributed by atoms with van der Waals surface area (Å²) in [6, 6.07) is 12.1. The van der Waals surface area contributed by atoms with Crippen molar-refractivity contribution in [2.24, 2.45) is 0 Å². The molecule has 31 heavy (non-hydrogen) atoms. The highest BCUT2D eigenvalue weighted by Crippen LogP contribution is 2.39. The Kier molecular flexibility index (Phi) is 5.74. The Bertz CT molecular complexity index is 1300. The van der Waals surface area contributed by atoms with E-state index >= 15 is 0 Å². The lowest BCUT2D eigenvalue weighted by Gasteiger charge is -2.29. The zero-order valence-electron chi connectivity index (χ0n) is 16.1. The van der Waals surface area contributed by atoms with Crippen molar-refractivity contribution in [1.29, 1.82) is 0 Å². The van der Waals surface area contributed by atoms with Gasteiger partial charge in [-0.2, -0.15) is 0 Å². The first-order valence-corrected chi connectivity index (χ1v) is 11.7. The third kappa shape index (κ3) is 4.04. The minimum Gasteiger partial charge on any atom is -0.495 e. The highest BCUT2D eigenvalue weighted by atomic mass is 35.5. The average molecular weight is 479 g/mol. The molecule has 1 aliphatic heterocycles. The third-order valence-electron chi connectivity index (χ3n) is 4.65. The van der Waals surface area contributed by atoms with Gasteiger partial charge in [-0.3, -0.25) is 9.10 Å². The van der Waals surface area contributed by atoms with Crippen LogP contribution in [0.25, 0.3) is 0 Å². The molecule has 0 atom stereocenters. The van der Waals surface area contributed by atoms with Crippen molar-refractivity contribution in [1.82, 2.24) is 0 Å². The summed E-state index contributed by atoms with van der Waals surface area (Å²) >= 11 is 7.25. The van der Waals surface area contributed by atoms with Crippen LogP contribution in [0.5, 0.6) is 5.75 Å². The van der Waals surface area contributed by atoms with Gasteiger partial charge in [0.2, 0.25) is 5.78 Å². The lowest BCUT2D eigenvalue weighted by molar-refractivity contribution is 0.104. The zero-order chi connectivity index (χ0) is 22.2. The van der Waals surface area contributed by atoms with Crippen LogP contribution in [0.3, 0.4) is 0 Å². The molecule has 0 spiro atoms. The monoisotopic (exact) mass is 478 g/mol. The van der Waals surface area contributed by atoms with Crippen LogP contribution in [-0.2, 0) is 16.6 Å². The largest absolute Gasteiger partial charge is 0.495 e. The molecule has 1 N–H and O–H groups in total. The van der Waals surface area contributed by atoms with E-state index in [0.29, 0.717) is 26.9 Å². The molecular formula is C21H16ClFN2O4S2. The van der Waals surface area contributed by atoms with Crippen molar-refractivity contribution in [3.63, 3.8) is 0 Å². The zero-order valence-corrected chi connectivity index (χ0v) is 18.5. The summed E-state index contributed by atoms with van der Waals surface area (Å²) < 4.78 is 46.5. The van der Waals surface area contributed by atoms with Gasteiger partial charge in [-0.15, -0.1) is 11.3 Å². The number of allylic oxidation sites excluding steroid dienone is 1. The summed E-state index contributed by atoms with van der Waals surface area (Å²) in [4.78, 5) is 12.8. The molecule has 4 rings (SSSR count). The van der Waals surface area contributed by atoms with Gasteiger partial charge in [0.25, 0.3) is 10.0 Å². The summed E-state index contributed by atoms with van der Waals surface area (Å²) in [5, 5.41) is 4.80. The number of Topliss-reactive ketones (excluding diaryl/α,β-unsaturated/α-hetero) is 1. The highest BCUT2D eigenvalue weighted by Gasteiger charge is 2.41. The molecule has 0 unspecified atom stereocenters. The van der Waals surface area contributed by atoms with Gasteiger partial charge in [0.1, 0.15) is 16.4 Å². The Morgan fingerprint density at radius 2 is 2.03 bits per heavy atom. The van der Waals surface area contributed by atoms with E-state index in [1.165, 1.54) is 25.3 Å². The summed E-state index contributed by atoms with van der Waals surface area (Å²) in [6.07, 6.45) is 1.15. The molecule has 0 amide bonds. The topological polar surface area (TPSA) is 75.7 Å². The molecule has 0 radical (unpaired) electrons. The Morgan fingerprint density at radius 3 is 2.74 bits per heavy atom. The van der Waals surface area contributed by atoms with E-state index in [2.05, 4.69) is 5.32 Å². The van der Waals surface area contributed by atoms with Gasteiger partial charge in [-0.1, -0.05) is 23.7 Å². The SMILES string of the molecule is COc1ccc(N/C=C2/C(=O)c3sccc3N(Cc3cccc(F)c3)S2(=O)=O)cc1Cl. The van der Waals surface area contributed by atoms with Crippen molar-refractivity contribution in [3.8, 4) is 5.75 Å². The highest BCUT2D eigenvalue weighted by molar-refractivity contribution is 7.97. The van der Waals surface area contributed by atoms with Crippen LogP contribution in [0.4, 0.5) is 15.8 Å². The van der Waals surface area contributed by atoms with Crippen molar-refractivity contribution in [3.05, 3.63) is 86.3 Å². The number of halogens is 2. The number of thiophene rings is 1. The summed E-state index contributed by atoms with van der Waals surface area (Å²) in [5.41, 5.74) is 1.23. The van der Waals surface area contributed by atoms with E-state index in [1.807, 2.05) is 0 Å². The maximum absolute atomic E-state index is 13.6. The van der Waals surface area contributed by atoms with Crippen LogP contribution in [-0.4, -0.2) is 21.3 Å². The maximum atomic E-state index is 13.6. The molecule has 0 fully saturated rings. The van der Waals surface area contributed by atoms with Crippen LogP contribution in [0.15, 0.2) is 65.0 Å². The molecular weight excluding hydrogens is 463 g/mol. The molecule has 2 heterocycles. The number of hydrogen-bond donors (Lipinski definition) is 1. The van der Waals surface area contributed by atoms with Crippen molar-refractivity contribution >= 4 is 50.1 Å². The number of sulfonamides is 1. The molecule has 1 aliphatic rings. The first kappa shape index (κ1) is 21.4. The van der Waals surface area contributed by atoms with Crippen molar-refractivity contribution in [2.75, 3.05) is 16.7 Å². The molecule has 0 saturated carbocycles. The number of carbonyl (C=O) groups is 1. The van der Waals surface area contributed by atoms with E-state index in [1.54, 1.807) is 35.7 Å². The number of nitrogens with zero attached hydrogens (tertiary/aromatic N) is 1. The normalized spacial score (nSPS) is 16.3. The molecule has 0 saturated heterocycles. The lowest BCUT2D eigenvalue weighted by atomic mass is 10.2. The minimum absolute atomic E-state index is 0.108. The smallest absolute Gasteiger partial charge is 0.270 e. The van der Waals surface area contributed by atoms with Gasteiger partial charge in [0, 0.05) is 11.9 Å². The van der Waals surface area contributed by atoms with Crippen LogP contribution in [0, 0.1) is 5.82 Å². The van der Waals surface area contributed by atoms with Crippen molar-refractivity contribution in [2.45, 2.75) is 6.54 Å². The fraction of sp³-hybridized carbons (Fsp3) is 0.0952. The van der Waals surface area contributed by atoms with E-state index in [0.717, 1.165) is 21.8 Å². The maximum Gasteiger partial charge on any atom is 0.270 e. The number of ketones is 1. The number of benzene rings is 2. The number of carbonyl (C=O) groups excluding carboxylic acids is 1. The molecule has 1 aromatic heterocycles. The average Bonchev–Trinajstić information content (AvgIpc) is 3.21. The number of methoxy groups -OCH3 is 1. The second-order valence-electron chi connectivity index (χ2n) is 6.61. The number of rotatable bonds is 5. The fourth-order valence-corrected chi connectivity index (χ4v) is 5.90. The van der Waals surface area contributed by atoms with Gasteiger partial charge in [0.05, 0.1) is 24.4 Å². The van der Waals surface area contributed by atoms with Gasteiger partial charge < -0.3 is 10.1 Å². The number of anilines is 2. The Morgan fingerprint density at radius 1 is 1.23 bits per heavy atom. The van der Waals surface area contributed by atoms with Crippen LogP contribution < -0.4 is 14.4 Å². The second-order valence-corrected chi connectivity index (χ2v) is 9.76. The van der Waals surface area contributed by atoms with Gasteiger partial charge in [0.15, 0.2) is 4.91 Å². The van der Waals surface area contributed by atoms with Gasteiger partial charge in [-0.05, 0) is 47.3 Å². The second kappa shape index (κ2) is 8.33. The third-order valence-corrected chi connectivity index (χ3v) is 7.61. The van der Waals surface area contributed by atoms with E-state index < -0.39 is 26.5 Å². The van der Waals surface area contributed by atoms with E-state index in [9.17, 15) is 17.6 Å². The summed E-state index contributed by atoms with van der Waals surface area (Å²) in [5.74, 6) is -0.610. The van der Waals surface area contributed by atoms with Crippen LogP contribution in [0.2, 0.25) is 5.02 Å². The number of ether oxygens (including phenoxy) is 1. The van der Waals surface area contributed by atoms with Gasteiger partial charge >= 0.3 is 0 Å². The molecule has 3 aromatic rings. The lowest BCUT2D eigenvalue weighted by Crippen LogP contribution is -2.38. The minimum atomic E-state index is -4.19. The van der Waals surface area contributed by atoms with Gasteiger partial charge in [-0.25, -0.2) is 12.8 Å². The van der Waals surface area contributed by atoms with Crippen molar-refractivity contribution < 1.29 is 22.3 Å². The summed E-state index contributed by atoms with van der Waals surface area (Å²) in [7, 11) is -2.71. The fourth-order valence-electron chi connectivity index (χ4n) is 3.16. The first-order valence-electron chi connectivity index (χ1n) is 9.01. The van der Waals surface area contributed by atoms with Crippen LogP contribution >= 0.6 is 22.9 Å². The molecule has 6 nitrogen and oxygen atoms in total.